The smallest absolute Gasteiger partial charge is 0.321 e. The van der Waals surface area contributed by atoms with Crippen molar-refractivity contribution in [3.05, 3.63) is 28.8 Å². The fourth-order valence-electron chi connectivity index (χ4n) is 1.43. The Hall–Kier alpha value is -1.55. The Labute approximate surface area is 106 Å². The Bertz CT molecular complexity index is 417. The van der Waals surface area contributed by atoms with Crippen LogP contribution in [0.4, 0.5) is 10.5 Å². The van der Waals surface area contributed by atoms with E-state index in [0.29, 0.717) is 35.6 Å². The number of carbonyl (C=O) groups excluding carboxylic acids is 2. The normalized spacial score (nSPS) is 9.82. The first-order chi connectivity index (χ1) is 8.12. The molecule has 0 atom stereocenters. The van der Waals surface area contributed by atoms with Gasteiger partial charge in [0.15, 0.2) is 6.29 Å². The van der Waals surface area contributed by atoms with Crippen LogP contribution in [0.3, 0.4) is 0 Å². The molecule has 1 rings (SSSR count). The number of nitrogens with zero attached hydrogens (tertiary/aromatic N) is 1. The predicted octanol–water partition coefficient (Wildman–Crippen LogP) is 3.03. The molecule has 1 aromatic rings. The van der Waals surface area contributed by atoms with Gasteiger partial charge in [-0.15, -0.1) is 0 Å². The lowest BCUT2D eigenvalue weighted by atomic mass is 10.2. The van der Waals surface area contributed by atoms with Crippen LogP contribution in [0.1, 0.15) is 24.2 Å². The van der Waals surface area contributed by atoms with Crippen LogP contribution < -0.4 is 5.32 Å². The number of amides is 2. The van der Waals surface area contributed by atoms with Crippen LogP contribution in [0.25, 0.3) is 0 Å². The largest absolute Gasteiger partial charge is 0.325 e. The minimum Gasteiger partial charge on any atom is -0.325 e. The number of nitrogens with one attached hydrogen (secondary N) is 1. The zero-order chi connectivity index (χ0) is 12.8. The Morgan fingerprint density at radius 1 is 1.41 bits per heavy atom. The lowest BCUT2D eigenvalue weighted by Gasteiger charge is -2.19. The standard InChI is InChI=1S/C12H15ClN2O2/c1-3-15(4-2)12(17)14-10-5-6-11(13)9(7-10)8-16/h5-8H,3-4H2,1-2H3,(H,14,17). The molecule has 5 heteroatoms. The highest BCUT2D eigenvalue weighted by Crippen LogP contribution is 2.19. The summed E-state index contributed by atoms with van der Waals surface area (Å²) in [7, 11) is 0. The minimum atomic E-state index is -0.186. The van der Waals surface area contributed by atoms with Crippen molar-refractivity contribution in [3.63, 3.8) is 0 Å². The number of halogens is 1. The Kier molecular flexibility index (Phi) is 4.97. The molecular weight excluding hydrogens is 240 g/mol. The fourth-order valence-corrected chi connectivity index (χ4v) is 1.59. The van der Waals surface area contributed by atoms with Crippen LogP contribution in [0, 0.1) is 0 Å². The van der Waals surface area contributed by atoms with Gasteiger partial charge in [-0.2, -0.15) is 0 Å². The average Bonchev–Trinajstić information content (AvgIpc) is 2.33. The van der Waals surface area contributed by atoms with Crippen molar-refractivity contribution in [2.45, 2.75) is 13.8 Å². The summed E-state index contributed by atoms with van der Waals surface area (Å²) in [6.07, 6.45) is 0.662. The topological polar surface area (TPSA) is 49.4 Å². The molecule has 17 heavy (non-hydrogen) atoms. The van der Waals surface area contributed by atoms with E-state index in [1.807, 2.05) is 13.8 Å². The summed E-state index contributed by atoms with van der Waals surface area (Å²) in [5, 5.41) is 3.09. The maximum absolute atomic E-state index is 11.8. The van der Waals surface area contributed by atoms with Crippen molar-refractivity contribution in [1.82, 2.24) is 4.90 Å². The van der Waals surface area contributed by atoms with Gasteiger partial charge in [-0.3, -0.25) is 4.79 Å². The highest BCUT2D eigenvalue weighted by Gasteiger charge is 2.10. The molecule has 0 radical (unpaired) electrons. The summed E-state index contributed by atoms with van der Waals surface area (Å²) in [6, 6.07) is 4.62. The van der Waals surface area contributed by atoms with E-state index in [1.54, 1.807) is 23.1 Å². The quantitative estimate of drug-likeness (QED) is 0.840. The number of carbonyl (C=O) groups is 2. The van der Waals surface area contributed by atoms with E-state index >= 15 is 0 Å². The summed E-state index contributed by atoms with van der Waals surface area (Å²) < 4.78 is 0. The summed E-state index contributed by atoms with van der Waals surface area (Å²) in [4.78, 5) is 24.1. The first-order valence-electron chi connectivity index (χ1n) is 5.43. The molecule has 0 fully saturated rings. The molecule has 92 valence electrons. The van der Waals surface area contributed by atoms with Gasteiger partial charge < -0.3 is 10.2 Å². The van der Waals surface area contributed by atoms with Gasteiger partial charge in [0.05, 0.1) is 5.02 Å². The third-order valence-electron chi connectivity index (χ3n) is 2.42. The summed E-state index contributed by atoms with van der Waals surface area (Å²) in [5.74, 6) is 0. The molecule has 0 unspecified atom stereocenters. The van der Waals surface area contributed by atoms with Gasteiger partial charge in [-0.25, -0.2) is 4.79 Å². The lowest BCUT2D eigenvalue weighted by Crippen LogP contribution is -2.34. The van der Waals surface area contributed by atoms with Crippen molar-refractivity contribution < 1.29 is 9.59 Å². The molecule has 0 saturated heterocycles. The number of aldehydes is 1. The van der Waals surface area contributed by atoms with Gasteiger partial charge in [0, 0.05) is 24.3 Å². The molecule has 0 heterocycles. The number of hydrogen-bond acceptors (Lipinski definition) is 2. The highest BCUT2D eigenvalue weighted by molar-refractivity contribution is 6.33. The zero-order valence-corrected chi connectivity index (χ0v) is 10.6. The maximum atomic E-state index is 11.8. The molecule has 0 aliphatic carbocycles. The van der Waals surface area contributed by atoms with Gasteiger partial charge in [-0.05, 0) is 32.0 Å². The minimum absolute atomic E-state index is 0.186. The van der Waals surface area contributed by atoms with E-state index in [0.717, 1.165) is 0 Å². The Balaban J connectivity index is 2.81. The van der Waals surface area contributed by atoms with Crippen LogP contribution in [0.5, 0.6) is 0 Å². The molecule has 2 amide bonds. The van der Waals surface area contributed by atoms with Gasteiger partial charge in [-0.1, -0.05) is 11.6 Å². The molecule has 0 aromatic heterocycles. The summed E-state index contributed by atoms with van der Waals surface area (Å²) >= 11 is 5.80. The van der Waals surface area contributed by atoms with Gasteiger partial charge in [0.25, 0.3) is 0 Å². The number of urea groups is 1. The van der Waals surface area contributed by atoms with Crippen molar-refractivity contribution >= 4 is 29.6 Å². The van der Waals surface area contributed by atoms with E-state index in [4.69, 9.17) is 11.6 Å². The molecule has 0 aliphatic heterocycles. The average molecular weight is 255 g/mol. The fraction of sp³-hybridized carbons (Fsp3) is 0.333. The third-order valence-corrected chi connectivity index (χ3v) is 2.77. The van der Waals surface area contributed by atoms with E-state index in [9.17, 15) is 9.59 Å². The Morgan fingerprint density at radius 2 is 2.06 bits per heavy atom. The molecule has 1 aromatic carbocycles. The van der Waals surface area contributed by atoms with E-state index < -0.39 is 0 Å². The van der Waals surface area contributed by atoms with Gasteiger partial charge in [0.1, 0.15) is 0 Å². The van der Waals surface area contributed by atoms with Crippen LogP contribution in [0.2, 0.25) is 5.02 Å². The first kappa shape index (κ1) is 13.5. The number of hydrogen-bond donors (Lipinski definition) is 1. The third kappa shape index (κ3) is 3.46. The van der Waals surface area contributed by atoms with Crippen LogP contribution in [-0.2, 0) is 0 Å². The van der Waals surface area contributed by atoms with Crippen LogP contribution in [0.15, 0.2) is 18.2 Å². The van der Waals surface area contributed by atoms with Crippen molar-refractivity contribution in [1.29, 1.82) is 0 Å². The van der Waals surface area contributed by atoms with Crippen LogP contribution in [-0.4, -0.2) is 30.3 Å². The zero-order valence-electron chi connectivity index (χ0n) is 9.87. The van der Waals surface area contributed by atoms with E-state index in [2.05, 4.69) is 5.32 Å². The maximum Gasteiger partial charge on any atom is 0.321 e. The molecule has 0 spiro atoms. The number of rotatable bonds is 4. The Morgan fingerprint density at radius 3 is 2.59 bits per heavy atom. The number of anilines is 1. The van der Waals surface area contributed by atoms with Gasteiger partial charge >= 0.3 is 6.03 Å². The molecule has 4 nitrogen and oxygen atoms in total. The molecular formula is C12H15ClN2O2. The molecule has 0 bridgehead atoms. The molecule has 1 N–H and O–H groups in total. The molecule has 0 saturated carbocycles. The summed E-state index contributed by atoms with van der Waals surface area (Å²) in [6.45, 7) is 5.08. The van der Waals surface area contributed by atoms with Crippen LogP contribution >= 0.6 is 11.6 Å². The molecule has 0 aliphatic rings. The van der Waals surface area contributed by atoms with E-state index in [1.165, 1.54) is 0 Å². The predicted molar refractivity (Wildman–Crippen MR) is 68.8 cm³/mol. The van der Waals surface area contributed by atoms with E-state index in [-0.39, 0.29) is 6.03 Å². The van der Waals surface area contributed by atoms with Gasteiger partial charge in [0.2, 0.25) is 0 Å². The number of benzene rings is 1. The second-order valence-electron chi connectivity index (χ2n) is 3.46. The lowest BCUT2D eigenvalue weighted by molar-refractivity contribution is 0.112. The summed E-state index contributed by atoms with van der Waals surface area (Å²) in [5.41, 5.74) is 0.928. The first-order valence-corrected chi connectivity index (χ1v) is 5.80. The van der Waals surface area contributed by atoms with Crippen molar-refractivity contribution in [2.24, 2.45) is 0 Å². The second kappa shape index (κ2) is 6.25. The SMILES string of the molecule is CCN(CC)C(=O)Nc1ccc(Cl)c(C=O)c1. The highest BCUT2D eigenvalue weighted by atomic mass is 35.5. The van der Waals surface area contributed by atoms with Crippen molar-refractivity contribution in [3.8, 4) is 0 Å². The van der Waals surface area contributed by atoms with Crippen molar-refractivity contribution in [2.75, 3.05) is 18.4 Å². The second-order valence-corrected chi connectivity index (χ2v) is 3.86. The monoisotopic (exact) mass is 254 g/mol.